The molecule has 0 spiro atoms. The fourth-order valence-corrected chi connectivity index (χ4v) is 2.12. The second-order valence-electron chi connectivity index (χ2n) is 3.63. The van der Waals surface area contributed by atoms with Gasteiger partial charge in [0.25, 0.3) is 0 Å². The van der Waals surface area contributed by atoms with E-state index in [4.69, 9.17) is 15.4 Å². The molecule has 3 N–H and O–H groups in total. The number of anilines is 1. The molecule has 2 aromatic heterocycles. The maximum Gasteiger partial charge on any atom is 0.313 e. The maximum absolute atomic E-state index is 11.2. The lowest BCUT2D eigenvalue weighted by Gasteiger charge is -2.06. The van der Waals surface area contributed by atoms with Crippen molar-refractivity contribution < 1.29 is 14.4 Å². The number of aryl methyl sites for hydroxylation is 1. The van der Waals surface area contributed by atoms with E-state index in [1.165, 1.54) is 11.3 Å². The van der Waals surface area contributed by atoms with Crippen LogP contribution in [-0.4, -0.2) is 21.2 Å². The van der Waals surface area contributed by atoms with Gasteiger partial charge < -0.3 is 15.4 Å². The van der Waals surface area contributed by atoms with Crippen LogP contribution in [0.25, 0.3) is 0 Å². The maximum atomic E-state index is 11.2. The van der Waals surface area contributed by atoms with Crippen molar-refractivity contribution in [3.63, 3.8) is 0 Å². The quantitative estimate of drug-likeness (QED) is 0.854. The summed E-state index contributed by atoms with van der Waals surface area (Å²) in [6.45, 7) is 1.76. The summed E-state index contributed by atoms with van der Waals surface area (Å²) in [4.78, 5) is 15.2. The molecule has 0 radical (unpaired) electrons. The summed E-state index contributed by atoms with van der Waals surface area (Å²) >= 11 is 1.23. The number of nitrogen functional groups attached to an aromatic ring is 1. The molecule has 0 aliphatic heterocycles. The van der Waals surface area contributed by atoms with Gasteiger partial charge in [-0.1, -0.05) is 5.16 Å². The first-order valence-electron chi connectivity index (χ1n) is 4.92. The minimum Gasteiger partial charge on any atom is -0.481 e. The van der Waals surface area contributed by atoms with Crippen molar-refractivity contribution in [3.05, 3.63) is 28.6 Å². The normalized spacial score (nSPS) is 12.5. The van der Waals surface area contributed by atoms with E-state index in [-0.39, 0.29) is 6.42 Å². The smallest absolute Gasteiger partial charge is 0.313 e. The summed E-state index contributed by atoms with van der Waals surface area (Å²) in [5, 5.41) is 15.0. The van der Waals surface area contributed by atoms with Gasteiger partial charge in [-0.25, -0.2) is 4.98 Å². The molecule has 17 heavy (non-hydrogen) atoms. The summed E-state index contributed by atoms with van der Waals surface area (Å²) in [7, 11) is 0. The van der Waals surface area contributed by atoms with E-state index >= 15 is 0 Å². The second kappa shape index (κ2) is 4.54. The Balaban J connectivity index is 2.21. The molecule has 0 fully saturated rings. The van der Waals surface area contributed by atoms with Crippen molar-refractivity contribution in [2.75, 3.05) is 5.73 Å². The molecule has 0 aliphatic rings. The average Bonchev–Trinajstić information content (AvgIpc) is 2.83. The summed E-state index contributed by atoms with van der Waals surface area (Å²) in [6.07, 6.45) is 0.246. The number of carboxylic acids is 1. The fourth-order valence-electron chi connectivity index (χ4n) is 1.50. The van der Waals surface area contributed by atoms with E-state index in [9.17, 15) is 4.79 Å². The van der Waals surface area contributed by atoms with Gasteiger partial charge in [-0.05, 0) is 6.92 Å². The second-order valence-corrected chi connectivity index (χ2v) is 4.52. The number of hydrogen-bond donors (Lipinski definition) is 2. The first-order valence-corrected chi connectivity index (χ1v) is 5.80. The van der Waals surface area contributed by atoms with Gasteiger partial charge in [0.2, 0.25) is 0 Å². The predicted octanol–water partition coefficient (Wildman–Crippen LogP) is 1.43. The van der Waals surface area contributed by atoms with Gasteiger partial charge in [0.05, 0.1) is 11.4 Å². The molecule has 0 aliphatic carbocycles. The summed E-state index contributed by atoms with van der Waals surface area (Å²) in [5.41, 5.74) is 6.55. The molecule has 0 aromatic carbocycles. The van der Waals surface area contributed by atoms with Crippen LogP contribution < -0.4 is 5.73 Å². The summed E-state index contributed by atoms with van der Waals surface area (Å²) in [5.74, 6) is -1.04. The topological polar surface area (TPSA) is 102 Å². The number of nitrogens with two attached hydrogens (primary N) is 1. The van der Waals surface area contributed by atoms with Crippen molar-refractivity contribution >= 4 is 22.4 Å². The zero-order valence-corrected chi connectivity index (χ0v) is 9.90. The third-order valence-corrected chi connectivity index (χ3v) is 2.98. The Labute approximate surface area is 101 Å². The van der Waals surface area contributed by atoms with Gasteiger partial charge in [-0.3, -0.25) is 4.79 Å². The molecule has 0 bridgehead atoms. The van der Waals surface area contributed by atoms with Gasteiger partial charge in [-0.15, -0.1) is 11.3 Å². The Morgan fingerprint density at radius 3 is 2.94 bits per heavy atom. The van der Waals surface area contributed by atoms with Gasteiger partial charge in [0, 0.05) is 17.9 Å². The standard InChI is InChI=1S/C10H11N3O3S/c1-5-2-6(13-16-5)3-7(9(14)15)8-4-17-10(11)12-8/h2,4,7H,3H2,1H3,(H2,11,12)(H,14,15). The van der Waals surface area contributed by atoms with E-state index in [0.717, 1.165) is 0 Å². The van der Waals surface area contributed by atoms with Crippen LogP contribution in [0.5, 0.6) is 0 Å². The van der Waals surface area contributed by atoms with Crippen LogP contribution in [-0.2, 0) is 11.2 Å². The molecule has 90 valence electrons. The largest absolute Gasteiger partial charge is 0.481 e. The molecule has 1 unspecified atom stereocenters. The number of thiazole rings is 1. The Kier molecular flexibility index (Phi) is 3.10. The first-order chi connectivity index (χ1) is 8.06. The molecule has 2 aromatic rings. The fraction of sp³-hybridized carbons (Fsp3) is 0.300. The van der Waals surface area contributed by atoms with Crippen LogP contribution in [0.2, 0.25) is 0 Å². The van der Waals surface area contributed by atoms with Crippen LogP contribution in [0.3, 0.4) is 0 Å². The SMILES string of the molecule is Cc1cc(CC(C(=O)O)c2csc(N)n2)no1. The third-order valence-electron chi connectivity index (χ3n) is 2.28. The first kappa shape index (κ1) is 11.6. The molecule has 2 rings (SSSR count). The number of nitrogens with zero attached hydrogens (tertiary/aromatic N) is 2. The zero-order valence-electron chi connectivity index (χ0n) is 9.08. The lowest BCUT2D eigenvalue weighted by Crippen LogP contribution is -2.15. The highest BCUT2D eigenvalue weighted by Crippen LogP contribution is 2.24. The molecular formula is C10H11N3O3S. The molecule has 2 heterocycles. The average molecular weight is 253 g/mol. The predicted molar refractivity (Wildman–Crippen MR) is 61.8 cm³/mol. The highest BCUT2D eigenvalue weighted by Gasteiger charge is 2.24. The zero-order chi connectivity index (χ0) is 12.4. The number of carbonyl (C=O) groups is 1. The van der Waals surface area contributed by atoms with Crippen LogP contribution in [0.15, 0.2) is 16.0 Å². The van der Waals surface area contributed by atoms with E-state index in [2.05, 4.69) is 10.1 Å². The molecule has 7 heteroatoms. The van der Waals surface area contributed by atoms with Gasteiger partial charge in [0.1, 0.15) is 11.7 Å². The molecule has 0 saturated carbocycles. The number of aliphatic carboxylic acids is 1. The minimum atomic E-state index is -0.948. The highest BCUT2D eigenvalue weighted by atomic mass is 32.1. The van der Waals surface area contributed by atoms with Crippen molar-refractivity contribution in [1.82, 2.24) is 10.1 Å². The van der Waals surface area contributed by atoms with Crippen molar-refractivity contribution in [1.29, 1.82) is 0 Å². The van der Waals surface area contributed by atoms with Gasteiger partial charge in [-0.2, -0.15) is 0 Å². The molecule has 0 saturated heterocycles. The Morgan fingerprint density at radius 2 is 2.47 bits per heavy atom. The summed E-state index contributed by atoms with van der Waals surface area (Å²) in [6, 6.07) is 1.71. The van der Waals surface area contributed by atoms with E-state index in [1.807, 2.05) is 0 Å². The van der Waals surface area contributed by atoms with E-state index in [1.54, 1.807) is 18.4 Å². The summed E-state index contributed by atoms with van der Waals surface area (Å²) < 4.78 is 4.90. The number of hydrogen-bond acceptors (Lipinski definition) is 6. The minimum absolute atomic E-state index is 0.246. The van der Waals surface area contributed by atoms with Gasteiger partial charge >= 0.3 is 5.97 Å². The molecular weight excluding hydrogens is 242 g/mol. The van der Waals surface area contributed by atoms with Crippen LogP contribution >= 0.6 is 11.3 Å². The molecule has 6 nitrogen and oxygen atoms in total. The number of carboxylic acid groups (broad SMARTS) is 1. The van der Waals surface area contributed by atoms with Crippen molar-refractivity contribution in [3.8, 4) is 0 Å². The van der Waals surface area contributed by atoms with Crippen LogP contribution in [0, 0.1) is 6.92 Å². The van der Waals surface area contributed by atoms with Crippen molar-refractivity contribution in [2.45, 2.75) is 19.3 Å². The lowest BCUT2D eigenvalue weighted by atomic mass is 10.0. The number of aromatic nitrogens is 2. The monoisotopic (exact) mass is 253 g/mol. The highest BCUT2D eigenvalue weighted by molar-refractivity contribution is 7.13. The Hall–Kier alpha value is -1.89. The van der Waals surface area contributed by atoms with Gasteiger partial charge in [0.15, 0.2) is 5.13 Å². The lowest BCUT2D eigenvalue weighted by molar-refractivity contribution is -0.138. The van der Waals surface area contributed by atoms with Crippen LogP contribution in [0.1, 0.15) is 23.1 Å². The Bertz CT molecular complexity index is 534. The Morgan fingerprint density at radius 1 is 1.71 bits per heavy atom. The van der Waals surface area contributed by atoms with E-state index < -0.39 is 11.9 Å². The number of rotatable bonds is 4. The third kappa shape index (κ3) is 2.62. The molecule has 0 amide bonds. The van der Waals surface area contributed by atoms with Crippen molar-refractivity contribution in [2.24, 2.45) is 0 Å². The molecule has 1 atom stereocenters. The van der Waals surface area contributed by atoms with Crippen LogP contribution in [0.4, 0.5) is 5.13 Å². The van der Waals surface area contributed by atoms with E-state index in [0.29, 0.717) is 22.3 Å².